The van der Waals surface area contributed by atoms with Gasteiger partial charge in [-0.05, 0) is 26.0 Å². The quantitative estimate of drug-likeness (QED) is 0.494. The number of nitrogens with zero attached hydrogens (tertiary/aromatic N) is 2. The second kappa shape index (κ2) is 7.65. The van der Waals surface area contributed by atoms with Crippen LogP contribution in [0.4, 0.5) is 0 Å². The second-order valence-corrected chi connectivity index (χ2v) is 5.67. The lowest BCUT2D eigenvalue weighted by Crippen LogP contribution is -2.02. The van der Waals surface area contributed by atoms with Gasteiger partial charge in [0.25, 0.3) is 0 Å². The molecule has 132 valence electrons. The molecule has 0 aliphatic heterocycles. The molecule has 0 radical (unpaired) electrons. The first-order valence-electron chi connectivity index (χ1n) is 8.04. The van der Waals surface area contributed by atoms with Gasteiger partial charge in [-0.15, -0.1) is 0 Å². The van der Waals surface area contributed by atoms with Gasteiger partial charge in [-0.2, -0.15) is 0 Å². The van der Waals surface area contributed by atoms with Crippen molar-refractivity contribution in [1.29, 1.82) is 0 Å². The summed E-state index contributed by atoms with van der Waals surface area (Å²) in [5.74, 6) is 1.61. The van der Waals surface area contributed by atoms with Gasteiger partial charge in [-0.1, -0.05) is 12.1 Å². The normalized spacial score (nSPS) is 10.3. The van der Waals surface area contributed by atoms with Crippen LogP contribution in [-0.2, 0) is 4.79 Å². The smallest absolute Gasteiger partial charge is 0.308 e. The molecule has 0 atom stereocenters. The Morgan fingerprint density at radius 3 is 1.65 bits per heavy atom. The molecule has 3 rings (SSSR count). The first-order chi connectivity index (χ1) is 12.5. The highest BCUT2D eigenvalue weighted by Crippen LogP contribution is 2.32. The second-order valence-electron chi connectivity index (χ2n) is 5.67. The molecule has 1 aromatic carbocycles. The lowest BCUT2D eigenvalue weighted by atomic mass is 10.3. The Labute approximate surface area is 151 Å². The largest absolute Gasteiger partial charge is 0.439 e. The van der Waals surface area contributed by atoms with Crippen LogP contribution in [0.25, 0.3) is 0 Å². The van der Waals surface area contributed by atoms with Crippen molar-refractivity contribution in [1.82, 2.24) is 9.97 Å². The van der Waals surface area contributed by atoms with Crippen LogP contribution >= 0.6 is 0 Å². The topological polar surface area (TPSA) is 70.5 Å². The van der Waals surface area contributed by atoms with Gasteiger partial charge >= 0.3 is 5.97 Å². The van der Waals surface area contributed by atoms with Crippen LogP contribution in [0.2, 0.25) is 0 Å². The Bertz CT molecular complexity index is 875. The van der Waals surface area contributed by atoms with E-state index >= 15 is 0 Å². The molecule has 0 saturated carbocycles. The molecular formula is C20H18N2O4. The van der Waals surface area contributed by atoms with Crippen molar-refractivity contribution in [3.63, 3.8) is 0 Å². The van der Waals surface area contributed by atoms with Gasteiger partial charge in [0.15, 0.2) is 0 Å². The molecule has 0 bridgehead atoms. The van der Waals surface area contributed by atoms with E-state index in [2.05, 4.69) is 9.97 Å². The summed E-state index contributed by atoms with van der Waals surface area (Å²) in [6, 6.07) is 15.8. The summed E-state index contributed by atoms with van der Waals surface area (Å²) < 4.78 is 16.7. The van der Waals surface area contributed by atoms with E-state index < -0.39 is 5.97 Å². The minimum absolute atomic E-state index is 0.310. The number of ether oxygens (including phenoxy) is 3. The van der Waals surface area contributed by atoms with Crippen molar-refractivity contribution in [3.05, 3.63) is 66.0 Å². The molecule has 6 heteroatoms. The van der Waals surface area contributed by atoms with Crippen molar-refractivity contribution in [2.75, 3.05) is 0 Å². The molecule has 0 spiro atoms. The summed E-state index contributed by atoms with van der Waals surface area (Å²) >= 11 is 0. The Kier molecular flexibility index (Phi) is 5.12. The van der Waals surface area contributed by atoms with Crippen molar-refractivity contribution in [2.24, 2.45) is 0 Å². The molecule has 3 aromatic rings. The SMILES string of the molecule is CC(=O)Oc1cc(Oc2cccc(C)n2)cc(Oc2cccc(C)n2)c1. The van der Waals surface area contributed by atoms with E-state index in [0.29, 0.717) is 29.0 Å². The molecule has 26 heavy (non-hydrogen) atoms. The van der Waals surface area contributed by atoms with Crippen LogP contribution in [0.1, 0.15) is 18.3 Å². The fourth-order valence-corrected chi connectivity index (χ4v) is 2.28. The number of pyridine rings is 2. The van der Waals surface area contributed by atoms with Crippen LogP contribution in [0.15, 0.2) is 54.6 Å². The van der Waals surface area contributed by atoms with Crippen LogP contribution < -0.4 is 14.2 Å². The first kappa shape index (κ1) is 17.4. The predicted molar refractivity (Wildman–Crippen MR) is 95.8 cm³/mol. The fourth-order valence-electron chi connectivity index (χ4n) is 2.28. The van der Waals surface area contributed by atoms with E-state index in [1.54, 1.807) is 30.3 Å². The average Bonchev–Trinajstić information content (AvgIpc) is 2.54. The number of aryl methyl sites for hydroxylation is 2. The van der Waals surface area contributed by atoms with Crippen LogP contribution in [-0.4, -0.2) is 15.9 Å². The molecule has 0 amide bonds. The van der Waals surface area contributed by atoms with Gasteiger partial charge in [-0.25, -0.2) is 9.97 Å². The molecule has 0 aliphatic carbocycles. The lowest BCUT2D eigenvalue weighted by molar-refractivity contribution is -0.131. The zero-order chi connectivity index (χ0) is 18.5. The maximum absolute atomic E-state index is 11.3. The lowest BCUT2D eigenvalue weighted by Gasteiger charge is -2.11. The van der Waals surface area contributed by atoms with Gasteiger partial charge in [0.1, 0.15) is 17.2 Å². The third-order valence-corrected chi connectivity index (χ3v) is 3.29. The zero-order valence-electron chi connectivity index (χ0n) is 14.7. The van der Waals surface area contributed by atoms with Crippen molar-refractivity contribution >= 4 is 5.97 Å². The summed E-state index contributed by atoms with van der Waals surface area (Å²) in [5, 5.41) is 0. The zero-order valence-corrected chi connectivity index (χ0v) is 14.7. The number of hydrogen-bond donors (Lipinski definition) is 0. The van der Waals surface area contributed by atoms with Crippen LogP contribution in [0.3, 0.4) is 0 Å². The van der Waals surface area contributed by atoms with Gasteiger partial charge in [0, 0.05) is 48.6 Å². The molecule has 2 heterocycles. The third-order valence-electron chi connectivity index (χ3n) is 3.29. The van der Waals surface area contributed by atoms with Crippen LogP contribution in [0.5, 0.6) is 29.0 Å². The Morgan fingerprint density at radius 2 is 1.23 bits per heavy atom. The maximum Gasteiger partial charge on any atom is 0.308 e. The van der Waals surface area contributed by atoms with Gasteiger partial charge in [0.05, 0.1) is 0 Å². The Balaban J connectivity index is 1.91. The van der Waals surface area contributed by atoms with Gasteiger partial charge < -0.3 is 14.2 Å². The third kappa shape index (κ3) is 4.80. The molecule has 0 fully saturated rings. The van der Waals surface area contributed by atoms with E-state index in [1.807, 2.05) is 38.1 Å². The maximum atomic E-state index is 11.3. The Hall–Kier alpha value is -3.41. The number of benzene rings is 1. The number of esters is 1. The minimum Gasteiger partial charge on any atom is -0.439 e. The standard InChI is InChI=1S/C20H18N2O4/c1-13-6-4-8-19(21-13)25-17-10-16(24-15(3)23)11-18(12-17)26-20-9-5-7-14(2)22-20/h4-12H,1-3H3. The molecule has 2 aromatic heterocycles. The summed E-state index contributed by atoms with van der Waals surface area (Å²) in [6.45, 7) is 5.08. The molecular weight excluding hydrogens is 332 g/mol. The number of carbonyl (C=O) groups is 1. The molecule has 0 N–H and O–H groups in total. The predicted octanol–water partition coefficient (Wildman–Crippen LogP) is 4.60. The number of hydrogen-bond acceptors (Lipinski definition) is 6. The monoisotopic (exact) mass is 350 g/mol. The van der Waals surface area contributed by atoms with Crippen molar-refractivity contribution in [2.45, 2.75) is 20.8 Å². The minimum atomic E-state index is -0.435. The summed E-state index contributed by atoms with van der Waals surface area (Å²) in [7, 11) is 0. The Morgan fingerprint density at radius 1 is 0.769 bits per heavy atom. The van der Waals surface area contributed by atoms with Crippen molar-refractivity contribution in [3.8, 4) is 29.0 Å². The molecule has 0 unspecified atom stereocenters. The number of aromatic nitrogens is 2. The molecule has 0 saturated heterocycles. The molecule has 6 nitrogen and oxygen atoms in total. The average molecular weight is 350 g/mol. The van der Waals surface area contributed by atoms with Gasteiger partial charge in [-0.3, -0.25) is 4.79 Å². The first-order valence-corrected chi connectivity index (χ1v) is 8.04. The van der Waals surface area contributed by atoms with Gasteiger partial charge in [0.2, 0.25) is 11.8 Å². The van der Waals surface area contributed by atoms with E-state index in [9.17, 15) is 4.79 Å². The van der Waals surface area contributed by atoms with Crippen molar-refractivity contribution < 1.29 is 19.0 Å². The summed E-state index contributed by atoms with van der Waals surface area (Å²) in [4.78, 5) is 19.9. The van der Waals surface area contributed by atoms with E-state index in [1.165, 1.54) is 6.92 Å². The molecule has 0 aliphatic rings. The summed E-state index contributed by atoms with van der Waals surface area (Å²) in [5.41, 5.74) is 1.66. The number of rotatable bonds is 5. The van der Waals surface area contributed by atoms with Crippen LogP contribution in [0, 0.1) is 13.8 Å². The van der Waals surface area contributed by atoms with E-state index in [0.717, 1.165) is 11.4 Å². The van der Waals surface area contributed by atoms with E-state index in [-0.39, 0.29) is 0 Å². The highest BCUT2D eigenvalue weighted by Gasteiger charge is 2.09. The highest BCUT2D eigenvalue weighted by molar-refractivity contribution is 5.69. The fraction of sp³-hybridized carbons (Fsp3) is 0.150. The van der Waals surface area contributed by atoms with E-state index in [4.69, 9.17) is 14.2 Å². The number of carbonyl (C=O) groups excluding carboxylic acids is 1. The highest BCUT2D eigenvalue weighted by atomic mass is 16.5. The summed E-state index contributed by atoms with van der Waals surface area (Å²) in [6.07, 6.45) is 0.